The van der Waals surface area contributed by atoms with E-state index in [9.17, 15) is 0 Å². The second kappa shape index (κ2) is 6.79. The molecular weight excluding hydrogens is 256 g/mol. The monoisotopic (exact) mass is 276 g/mol. The number of nitrogens with two attached hydrogens (primary N) is 1. The van der Waals surface area contributed by atoms with Crippen LogP contribution in [0.5, 0.6) is 11.5 Å². The van der Waals surface area contributed by atoms with Crippen molar-refractivity contribution in [2.45, 2.75) is 26.3 Å². The first-order chi connectivity index (χ1) is 9.76. The van der Waals surface area contributed by atoms with Gasteiger partial charge in [0.1, 0.15) is 6.61 Å². The molecule has 0 unspecified atom stereocenters. The normalized spacial score (nSPS) is 10.5. The molecule has 2 N–H and O–H groups in total. The summed E-state index contributed by atoms with van der Waals surface area (Å²) in [4.78, 5) is 0. The van der Waals surface area contributed by atoms with Crippen LogP contribution in [-0.4, -0.2) is 28.7 Å². The highest BCUT2D eigenvalue weighted by Gasteiger charge is 2.09. The second-order valence-corrected chi connectivity index (χ2v) is 4.39. The molecule has 108 valence electrons. The molecule has 1 aromatic heterocycles. The fourth-order valence-electron chi connectivity index (χ4n) is 2.00. The first kappa shape index (κ1) is 14.2. The highest BCUT2D eigenvalue weighted by atomic mass is 16.5. The third kappa shape index (κ3) is 3.20. The van der Waals surface area contributed by atoms with Crippen LogP contribution in [0.1, 0.15) is 19.0 Å². The quantitative estimate of drug-likeness (QED) is 0.836. The number of hydrogen-bond donors (Lipinski definition) is 1. The lowest BCUT2D eigenvalue weighted by Crippen LogP contribution is -2.13. The number of para-hydroxylation sites is 2. The molecule has 6 nitrogen and oxygen atoms in total. The predicted octanol–water partition coefficient (Wildman–Crippen LogP) is 1.90. The number of ether oxygens (including phenoxy) is 2. The molecule has 0 radical (unpaired) electrons. The predicted molar refractivity (Wildman–Crippen MR) is 76.9 cm³/mol. The van der Waals surface area contributed by atoms with Crippen molar-refractivity contribution in [3.05, 3.63) is 30.0 Å². The Kier molecular flexibility index (Phi) is 4.81. The molecule has 2 rings (SSSR count). The molecule has 0 atom stereocenters. The van der Waals surface area contributed by atoms with Gasteiger partial charge in [0.05, 0.1) is 19.3 Å². The van der Waals surface area contributed by atoms with E-state index in [0.717, 1.165) is 30.0 Å². The molecule has 0 saturated carbocycles. The molecule has 0 aliphatic rings. The molecule has 0 amide bonds. The van der Waals surface area contributed by atoms with Gasteiger partial charge in [-0.3, -0.25) is 0 Å². The summed E-state index contributed by atoms with van der Waals surface area (Å²) < 4.78 is 12.8. The third-order valence-corrected chi connectivity index (χ3v) is 2.98. The first-order valence-corrected chi connectivity index (χ1v) is 6.70. The van der Waals surface area contributed by atoms with Gasteiger partial charge in [0, 0.05) is 0 Å². The fraction of sp³-hybridized carbons (Fsp3) is 0.429. The van der Waals surface area contributed by atoms with Crippen molar-refractivity contribution in [2.75, 3.05) is 19.5 Å². The lowest BCUT2D eigenvalue weighted by molar-refractivity contribution is 0.271. The Bertz CT molecular complexity index is 554. The van der Waals surface area contributed by atoms with E-state index in [1.54, 1.807) is 11.8 Å². The van der Waals surface area contributed by atoms with Crippen molar-refractivity contribution < 1.29 is 9.47 Å². The van der Waals surface area contributed by atoms with Gasteiger partial charge in [-0.25, -0.2) is 4.68 Å². The molecule has 0 aliphatic heterocycles. The minimum atomic E-state index is 0.486. The molecule has 2 aromatic rings. The van der Waals surface area contributed by atoms with Crippen LogP contribution < -0.4 is 15.2 Å². The lowest BCUT2D eigenvalue weighted by Gasteiger charge is -2.11. The highest BCUT2D eigenvalue weighted by molar-refractivity contribution is 5.39. The van der Waals surface area contributed by atoms with E-state index in [-0.39, 0.29) is 0 Å². The van der Waals surface area contributed by atoms with Gasteiger partial charge in [-0.05, 0) is 18.6 Å². The smallest absolute Gasteiger partial charge is 0.169 e. The standard InChI is InChI=1S/C14H20N4O2/c1-3-6-11-14(15)16-17-18(11)9-10-20-13-8-5-4-7-12(13)19-2/h4-5,7-8H,3,6,9-10,15H2,1-2H3. The number of rotatable bonds is 7. The Morgan fingerprint density at radius 1 is 1.25 bits per heavy atom. The molecule has 0 aliphatic carbocycles. The summed E-state index contributed by atoms with van der Waals surface area (Å²) in [5.41, 5.74) is 6.77. The third-order valence-electron chi connectivity index (χ3n) is 2.98. The minimum Gasteiger partial charge on any atom is -0.493 e. The maximum Gasteiger partial charge on any atom is 0.169 e. The van der Waals surface area contributed by atoms with Gasteiger partial charge in [-0.2, -0.15) is 0 Å². The van der Waals surface area contributed by atoms with Gasteiger partial charge in [0.25, 0.3) is 0 Å². The first-order valence-electron chi connectivity index (χ1n) is 6.70. The van der Waals surface area contributed by atoms with E-state index in [1.165, 1.54) is 0 Å². The molecule has 1 aromatic carbocycles. The molecule has 0 spiro atoms. The van der Waals surface area contributed by atoms with E-state index >= 15 is 0 Å². The summed E-state index contributed by atoms with van der Waals surface area (Å²) in [7, 11) is 1.62. The molecule has 6 heteroatoms. The highest BCUT2D eigenvalue weighted by Crippen LogP contribution is 2.25. The Morgan fingerprint density at radius 2 is 2.00 bits per heavy atom. The van der Waals surface area contributed by atoms with Gasteiger partial charge in [-0.15, -0.1) is 5.10 Å². The van der Waals surface area contributed by atoms with E-state index in [1.807, 2.05) is 24.3 Å². The van der Waals surface area contributed by atoms with Crippen molar-refractivity contribution >= 4 is 5.82 Å². The second-order valence-electron chi connectivity index (χ2n) is 4.39. The van der Waals surface area contributed by atoms with Gasteiger partial charge < -0.3 is 15.2 Å². The number of aromatic nitrogens is 3. The summed E-state index contributed by atoms with van der Waals surface area (Å²) in [6.45, 7) is 3.19. The molecule has 0 bridgehead atoms. The lowest BCUT2D eigenvalue weighted by atomic mass is 10.2. The van der Waals surface area contributed by atoms with Crippen molar-refractivity contribution in [1.29, 1.82) is 0 Å². The average Bonchev–Trinajstić information content (AvgIpc) is 2.81. The van der Waals surface area contributed by atoms with Crippen LogP contribution >= 0.6 is 0 Å². The Labute approximate surface area is 118 Å². The van der Waals surface area contributed by atoms with Crippen LogP contribution in [0.4, 0.5) is 5.82 Å². The average molecular weight is 276 g/mol. The molecule has 0 saturated heterocycles. The Morgan fingerprint density at radius 3 is 2.70 bits per heavy atom. The van der Waals surface area contributed by atoms with E-state index in [0.29, 0.717) is 19.0 Å². The van der Waals surface area contributed by atoms with Crippen LogP contribution in [0.25, 0.3) is 0 Å². The van der Waals surface area contributed by atoms with Crippen LogP contribution in [0, 0.1) is 0 Å². The van der Waals surface area contributed by atoms with Gasteiger partial charge in [0.2, 0.25) is 0 Å². The summed E-state index contributed by atoms with van der Waals surface area (Å²) in [6.07, 6.45) is 1.87. The zero-order valence-corrected chi connectivity index (χ0v) is 11.9. The Hall–Kier alpha value is -2.24. The van der Waals surface area contributed by atoms with Crippen molar-refractivity contribution in [1.82, 2.24) is 15.0 Å². The van der Waals surface area contributed by atoms with Crippen molar-refractivity contribution in [2.24, 2.45) is 0 Å². The van der Waals surface area contributed by atoms with Crippen molar-refractivity contribution in [3.63, 3.8) is 0 Å². The van der Waals surface area contributed by atoms with E-state index in [4.69, 9.17) is 15.2 Å². The molecule has 0 fully saturated rings. The molecular formula is C14H20N4O2. The number of methoxy groups -OCH3 is 1. The fourth-order valence-corrected chi connectivity index (χ4v) is 2.00. The number of benzene rings is 1. The maximum absolute atomic E-state index is 5.80. The maximum atomic E-state index is 5.80. The number of anilines is 1. The largest absolute Gasteiger partial charge is 0.493 e. The topological polar surface area (TPSA) is 75.2 Å². The van der Waals surface area contributed by atoms with Gasteiger partial charge in [-0.1, -0.05) is 30.7 Å². The van der Waals surface area contributed by atoms with Gasteiger partial charge in [0.15, 0.2) is 17.3 Å². The summed E-state index contributed by atoms with van der Waals surface area (Å²) in [5.74, 6) is 1.95. The van der Waals surface area contributed by atoms with Crippen LogP contribution in [0.2, 0.25) is 0 Å². The summed E-state index contributed by atoms with van der Waals surface area (Å²) in [6, 6.07) is 7.56. The molecule has 1 heterocycles. The Balaban J connectivity index is 1.96. The number of nitrogen functional groups attached to an aromatic ring is 1. The summed E-state index contributed by atoms with van der Waals surface area (Å²) in [5, 5.41) is 7.94. The zero-order valence-electron chi connectivity index (χ0n) is 11.9. The van der Waals surface area contributed by atoms with E-state index < -0.39 is 0 Å². The SMILES string of the molecule is CCCc1c(N)nnn1CCOc1ccccc1OC. The number of nitrogens with zero attached hydrogens (tertiary/aromatic N) is 3. The van der Waals surface area contributed by atoms with Crippen LogP contribution in [-0.2, 0) is 13.0 Å². The minimum absolute atomic E-state index is 0.486. The number of hydrogen-bond acceptors (Lipinski definition) is 5. The van der Waals surface area contributed by atoms with Gasteiger partial charge >= 0.3 is 0 Å². The van der Waals surface area contributed by atoms with Crippen LogP contribution in [0.15, 0.2) is 24.3 Å². The zero-order chi connectivity index (χ0) is 14.4. The van der Waals surface area contributed by atoms with E-state index in [2.05, 4.69) is 17.2 Å². The van der Waals surface area contributed by atoms with Crippen molar-refractivity contribution in [3.8, 4) is 11.5 Å². The van der Waals surface area contributed by atoms with Crippen LogP contribution in [0.3, 0.4) is 0 Å². The molecule has 20 heavy (non-hydrogen) atoms. The summed E-state index contributed by atoms with van der Waals surface area (Å²) >= 11 is 0.